The van der Waals surface area contributed by atoms with Crippen molar-refractivity contribution in [2.24, 2.45) is 0 Å². The molecule has 0 aliphatic carbocycles. The van der Waals surface area contributed by atoms with E-state index < -0.39 is 0 Å². The number of hydrogen-bond donors (Lipinski definition) is 1. The maximum atomic E-state index is 13.0. The minimum absolute atomic E-state index is 0.127. The molecule has 0 aliphatic rings. The lowest BCUT2D eigenvalue weighted by molar-refractivity contribution is 0.102. The number of imidazole rings is 1. The van der Waals surface area contributed by atoms with Crippen molar-refractivity contribution in [2.75, 3.05) is 5.32 Å². The predicted octanol–water partition coefficient (Wildman–Crippen LogP) is 4.53. The third kappa shape index (κ3) is 3.15. The van der Waals surface area contributed by atoms with Crippen LogP contribution in [-0.2, 0) is 0 Å². The monoisotopic (exact) mass is 356 g/mol. The van der Waals surface area contributed by atoms with Gasteiger partial charge < -0.3 is 14.5 Å². The van der Waals surface area contributed by atoms with Crippen LogP contribution in [0.15, 0.2) is 79.4 Å². The van der Waals surface area contributed by atoms with Gasteiger partial charge in [0, 0.05) is 29.5 Å². The summed E-state index contributed by atoms with van der Waals surface area (Å²) in [6, 6.07) is 19.7. The summed E-state index contributed by atoms with van der Waals surface area (Å²) >= 11 is 0. The highest BCUT2D eigenvalue weighted by Crippen LogP contribution is 2.24. The maximum Gasteiger partial charge on any atom is 0.257 e. The molecule has 1 N–H and O–H groups in total. The number of carbonyl (C=O) groups excluding carboxylic acids is 1. The Morgan fingerprint density at radius 1 is 1.00 bits per heavy atom. The van der Waals surface area contributed by atoms with Gasteiger partial charge in [0.05, 0.1) is 23.3 Å². The number of nitrogens with one attached hydrogen (secondary N) is 1. The van der Waals surface area contributed by atoms with Gasteiger partial charge in [0.25, 0.3) is 5.91 Å². The molecular weight excluding hydrogens is 336 g/mol. The van der Waals surface area contributed by atoms with Gasteiger partial charge in [-0.1, -0.05) is 30.3 Å². The summed E-state index contributed by atoms with van der Waals surface area (Å²) in [6.07, 6.45) is 5.28. The molecule has 0 saturated carbocycles. The van der Waals surface area contributed by atoms with Gasteiger partial charge in [-0.3, -0.25) is 4.79 Å². The SMILES string of the molecule is Cc1cc(C(=O)Nc2ccccc2-n2ccnc2)c(C)n1-c1ccccc1. The summed E-state index contributed by atoms with van der Waals surface area (Å²) < 4.78 is 3.97. The number of amides is 1. The highest BCUT2D eigenvalue weighted by atomic mass is 16.1. The normalized spacial score (nSPS) is 10.7. The van der Waals surface area contributed by atoms with Crippen molar-refractivity contribution in [3.05, 3.63) is 96.3 Å². The summed E-state index contributed by atoms with van der Waals surface area (Å²) in [5.74, 6) is -0.127. The summed E-state index contributed by atoms with van der Waals surface area (Å²) in [4.78, 5) is 17.1. The summed E-state index contributed by atoms with van der Waals surface area (Å²) in [6.45, 7) is 3.98. The molecule has 0 fully saturated rings. The van der Waals surface area contributed by atoms with Crippen molar-refractivity contribution >= 4 is 11.6 Å². The van der Waals surface area contributed by atoms with E-state index in [4.69, 9.17) is 0 Å². The number of para-hydroxylation sites is 3. The van der Waals surface area contributed by atoms with E-state index in [0.717, 1.165) is 28.5 Å². The highest BCUT2D eigenvalue weighted by Gasteiger charge is 2.18. The molecule has 0 spiro atoms. The Labute approximate surface area is 157 Å². The van der Waals surface area contributed by atoms with Gasteiger partial charge in [-0.05, 0) is 44.2 Å². The van der Waals surface area contributed by atoms with Gasteiger partial charge >= 0.3 is 0 Å². The van der Waals surface area contributed by atoms with E-state index in [2.05, 4.69) is 14.9 Å². The van der Waals surface area contributed by atoms with E-state index in [1.807, 2.05) is 85.3 Å². The fourth-order valence-electron chi connectivity index (χ4n) is 3.36. The van der Waals surface area contributed by atoms with Gasteiger partial charge in [-0.2, -0.15) is 0 Å². The molecule has 2 heterocycles. The van der Waals surface area contributed by atoms with Crippen molar-refractivity contribution in [1.82, 2.24) is 14.1 Å². The van der Waals surface area contributed by atoms with Crippen molar-refractivity contribution in [3.63, 3.8) is 0 Å². The Hall–Kier alpha value is -3.60. The van der Waals surface area contributed by atoms with Crippen LogP contribution in [-0.4, -0.2) is 20.0 Å². The number of anilines is 1. The molecule has 4 aromatic rings. The first kappa shape index (κ1) is 16.8. The molecule has 0 unspecified atom stereocenters. The molecule has 134 valence electrons. The lowest BCUT2D eigenvalue weighted by atomic mass is 10.2. The maximum absolute atomic E-state index is 13.0. The topological polar surface area (TPSA) is 51.9 Å². The van der Waals surface area contributed by atoms with Crippen LogP contribution in [0.1, 0.15) is 21.7 Å². The van der Waals surface area contributed by atoms with Crippen LogP contribution in [0.25, 0.3) is 11.4 Å². The number of carbonyl (C=O) groups is 1. The number of aromatic nitrogens is 3. The van der Waals surface area contributed by atoms with E-state index in [1.54, 1.807) is 12.5 Å². The molecule has 0 bridgehead atoms. The van der Waals surface area contributed by atoms with Crippen molar-refractivity contribution in [1.29, 1.82) is 0 Å². The van der Waals surface area contributed by atoms with Crippen LogP contribution in [0, 0.1) is 13.8 Å². The van der Waals surface area contributed by atoms with Crippen LogP contribution < -0.4 is 5.32 Å². The molecule has 2 aromatic carbocycles. The van der Waals surface area contributed by atoms with Crippen molar-refractivity contribution in [2.45, 2.75) is 13.8 Å². The Kier molecular flexibility index (Phi) is 4.34. The summed E-state index contributed by atoms with van der Waals surface area (Å²) in [5.41, 5.74) is 5.26. The fourth-order valence-corrected chi connectivity index (χ4v) is 3.36. The highest BCUT2D eigenvalue weighted by molar-refractivity contribution is 6.06. The summed E-state index contributed by atoms with van der Waals surface area (Å²) in [5, 5.41) is 3.05. The van der Waals surface area contributed by atoms with E-state index in [9.17, 15) is 4.79 Å². The largest absolute Gasteiger partial charge is 0.320 e. The third-order valence-corrected chi connectivity index (χ3v) is 4.62. The molecule has 0 aliphatic heterocycles. The first-order chi connectivity index (χ1) is 13.1. The second-order valence-electron chi connectivity index (χ2n) is 6.40. The number of hydrogen-bond acceptors (Lipinski definition) is 2. The van der Waals surface area contributed by atoms with Crippen LogP contribution in [0.4, 0.5) is 5.69 Å². The Morgan fingerprint density at radius 2 is 1.74 bits per heavy atom. The molecular formula is C22H20N4O. The lowest BCUT2D eigenvalue weighted by Crippen LogP contribution is -2.14. The zero-order valence-corrected chi connectivity index (χ0v) is 15.3. The smallest absolute Gasteiger partial charge is 0.257 e. The van der Waals surface area contributed by atoms with Gasteiger partial charge in [0.2, 0.25) is 0 Å². The molecule has 2 aromatic heterocycles. The quantitative estimate of drug-likeness (QED) is 0.584. The Balaban J connectivity index is 1.68. The predicted molar refractivity (Wildman–Crippen MR) is 107 cm³/mol. The number of rotatable bonds is 4. The van der Waals surface area contributed by atoms with E-state index in [0.29, 0.717) is 5.56 Å². The second kappa shape index (κ2) is 6.96. The molecule has 27 heavy (non-hydrogen) atoms. The number of benzene rings is 2. The van der Waals surface area contributed by atoms with Crippen LogP contribution in [0.2, 0.25) is 0 Å². The molecule has 0 saturated heterocycles. The first-order valence-electron chi connectivity index (χ1n) is 8.78. The van der Waals surface area contributed by atoms with E-state index in [-0.39, 0.29) is 5.91 Å². The molecule has 5 nitrogen and oxygen atoms in total. The average Bonchev–Trinajstić information content (AvgIpc) is 3.31. The zero-order valence-electron chi connectivity index (χ0n) is 15.3. The molecule has 1 amide bonds. The van der Waals surface area contributed by atoms with Crippen LogP contribution >= 0.6 is 0 Å². The van der Waals surface area contributed by atoms with Gasteiger partial charge in [-0.15, -0.1) is 0 Å². The zero-order chi connectivity index (χ0) is 18.8. The number of nitrogens with zero attached hydrogens (tertiary/aromatic N) is 3. The fraction of sp³-hybridized carbons (Fsp3) is 0.0909. The minimum Gasteiger partial charge on any atom is -0.320 e. The van der Waals surface area contributed by atoms with E-state index >= 15 is 0 Å². The third-order valence-electron chi connectivity index (χ3n) is 4.62. The minimum atomic E-state index is -0.127. The van der Waals surface area contributed by atoms with Crippen molar-refractivity contribution < 1.29 is 4.79 Å². The van der Waals surface area contributed by atoms with E-state index in [1.165, 1.54) is 0 Å². The molecule has 0 radical (unpaired) electrons. The van der Waals surface area contributed by atoms with Gasteiger partial charge in [0.15, 0.2) is 0 Å². The van der Waals surface area contributed by atoms with Crippen molar-refractivity contribution in [3.8, 4) is 11.4 Å². The Morgan fingerprint density at radius 3 is 2.48 bits per heavy atom. The first-order valence-corrected chi connectivity index (χ1v) is 8.78. The Bertz CT molecular complexity index is 1080. The van der Waals surface area contributed by atoms with Gasteiger partial charge in [0.1, 0.15) is 0 Å². The average molecular weight is 356 g/mol. The summed E-state index contributed by atoms with van der Waals surface area (Å²) in [7, 11) is 0. The number of aryl methyl sites for hydroxylation is 1. The van der Waals surface area contributed by atoms with Crippen LogP contribution in [0.3, 0.4) is 0 Å². The standard InChI is InChI=1S/C22H20N4O/c1-16-14-19(17(2)26(16)18-8-4-3-5-9-18)22(27)24-20-10-6-7-11-21(20)25-13-12-23-15-25/h3-15H,1-2H3,(H,24,27). The molecule has 4 rings (SSSR count). The molecule has 0 atom stereocenters. The van der Waals surface area contributed by atoms with Crippen LogP contribution in [0.5, 0.6) is 0 Å². The van der Waals surface area contributed by atoms with Gasteiger partial charge in [-0.25, -0.2) is 4.98 Å². The lowest BCUT2D eigenvalue weighted by Gasteiger charge is -2.12. The second-order valence-corrected chi connectivity index (χ2v) is 6.40. The molecule has 5 heteroatoms.